The van der Waals surface area contributed by atoms with E-state index in [1.54, 1.807) is 0 Å². The van der Waals surface area contributed by atoms with Gasteiger partial charge in [0.2, 0.25) is 0 Å². The molecule has 2 rings (SSSR count). The van der Waals surface area contributed by atoms with Gasteiger partial charge in [0.15, 0.2) is 0 Å². The smallest absolute Gasteiger partial charge is 0.115 e. The van der Waals surface area contributed by atoms with Crippen LogP contribution in [0.2, 0.25) is 0 Å². The fraction of sp³-hybridized carbons (Fsp3) is 0.286. The van der Waals surface area contributed by atoms with Gasteiger partial charge >= 0.3 is 0 Å². The van der Waals surface area contributed by atoms with E-state index in [4.69, 9.17) is 4.74 Å². The van der Waals surface area contributed by atoms with Crippen molar-refractivity contribution in [3.05, 3.63) is 59.9 Å². The summed E-state index contributed by atoms with van der Waals surface area (Å²) in [5, 5.41) is 0. The number of ether oxygens (including phenoxy) is 1. The van der Waals surface area contributed by atoms with Crippen molar-refractivity contribution >= 4 is 0 Å². The molecule has 1 heteroatoms. The standard InChI is InChI=1S/C14H16O/c1-12-7-9-14(10-8-12)15-11-13-5-3-2-4-6-13/h2-7,9-10,12H,8,11H2,1H3/t12-/m1/s1. The molecule has 0 bridgehead atoms. The second kappa shape index (κ2) is 4.83. The molecule has 0 amide bonds. The Morgan fingerprint density at radius 1 is 1.27 bits per heavy atom. The quantitative estimate of drug-likeness (QED) is 0.723. The summed E-state index contributed by atoms with van der Waals surface area (Å²) in [4.78, 5) is 0. The van der Waals surface area contributed by atoms with Crippen LogP contribution in [0.5, 0.6) is 0 Å². The van der Waals surface area contributed by atoms with E-state index in [1.165, 1.54) is 5.56 Å². The van der Waals surface area contributed by atoms with Gasteiger partial charge in [-0.25, -0.2) is 0 Å². The molecule has 0 heterocycles. The molecule has 0 unspecified atom stereocenters. The van der Waals surface area contributed by atoms with Gasteiger partial charge in [-0.15, -0.1) is 0 Å². The number of allylic oxidation sites excluding steroid dienone is 3. The second-order valence-electron chi connectivity index (χ2n) is 3.95. The van der Waals surface area contributed by atoms with Gasteiger partial charge in [0.25, 0.3) is 0 Å². The summed E-state index contributed by atoms with van der Waals surface area (Å²) in [5.74, 6) is 1.64. The van der Waals surface area contributed by atoms with Crippen molar-refractivity contribution in [3.63, 3.8) is 0 Å². The molecular weight excluding hydrogens is 184 g/mol. The zero-order valence-corrected chi connectivity index (χ0v) is 9.02. The molecule has 0 radical (unpaired) electrons. The first kappa shape index (κ1) is 10.0. The minimum atomic E-state index is 0.647. The average Bonchev–Trinajstić information content (AvgIpc) is 2.30. The average molecular weight is 200 g/mol. The highest BCUT2D eigenvalue weighted by molar-refractivity contribution is 5.19. The molecule has 1 aromatic rings. The SMILES string of the molecule is C[C@@H]1C=CC(OCc2ccccc2)=CC1. The molecule has 0 N–H and O–H groups in total. The van der Waals surface area contributed by atoms with Crippen molar-refractivity contribution in [2.24, 2.45) is 5.92 Å². The molecule has 0 fully saturated rings. The van der Waals surface area contributed by atoms with Crippen LogP contribution in [0.25, 0.3) is 0 Å². The normalized spacial score (nSPS) is 19.8. The Bertz CT molecular complexity index is 362. The molecule has 0 aromatic heterocycles. The van der Waals surface area contributed by atoms with Crippen LogP contribution in [0.15, 0.2) is 54.3 Å². The number of benzene rings is 1. The van der Waals surface area contributed by atoms with Crippen LogP contribution in [-0.2, 0) is 11.3 Å². The maximum Gasteiger partial charge on any atom is 0.115 e. The maximum atomic E-state index is 5.69. The predicted octanol–water partition coefficient (Wildman–Crippen LogP) is 3.68. The van der Waals surface area contributed by atoms with Crippen molar-refractivity contribution in [1.82, 2.24) is 0 Å². The second-order valence-corrected chi connectivity index (χ2v) is 3.95. The highest BCUT2D eigenvalue weighted by Gasteiger charge is 2.03. The van der Waals surface area contributed by atoms with Crippen molar-refractivity contribution in [3.8, 4) is 0 Å². The lowest BCUT2D eigenvalue weighted by Gasteiger charge is -2.13. The van der Waals surface area contributed by atoms with Crippen molar-refractivity contribution in [2.75, 3.05) is 0 Å². The fourth-order valence-corrected chi connectivity index (χ4v) is 1.56. The molecule has 0 saturated heterocycles. The summed E-state index contributed by atoms with van der Waals surface area (Å²) in [6.07, 6.45) is 7.51. The molecule has 1 aliphatic rings. The summed E-state index contributed by atoms with van der Waals surface area (Å²) in [6.45, 7) is 2.87. The van der Waals surface area contributed by atoms with E-state index in [0.29, 0.717) is 12.5 Å². The third-order valence-corrected chi connectivity index (χ3v) is 2.53. The highest BCUT2D eigenvalue weighted by Crippen LogP contribution is 2.17. The van der Waals surface area contributed by atoms with Crippen LogP contribution >= 0.6 is 0 Å². The van der Waals surface area contributed by atoms with E-state index in [-0.39, 0.29) is 0 Å². The van der Waals surface area contributed by atoms with Crippen LogP contribution in [-0.4, -0.2) is 0 Å². The van der Waals surface area contributed by atoms with Crippen LogP contribution in [0.3, 0.4) is 0 Å². The van der Waals surface area contributed by atoms with Gasteiger partial charge in [-0.1, -0.05) is 43.3 Å². The largest absolute Gasteiger partial charge is 0.489 e. The Labute approximate surface area is 91.1 Å². The molecule has 1 aromatic carbocycles. The van der Waals surface area contributed by atoms with Gasteiger partial charge in [0, 0.05) is 0 Å². The molecule has 0 aliphatic heterocycles. The maximum absolute atomic E-state index is 5.69. The molecule has 15 heavy (non-hydrogen) atoms. The Balaban J connectivity index is 1.87. The van der Waals surface area contributed by atoms with E-state index >= 15 is 0 Å². The third-order valence-electron chi connectivity index (χ3n) is 2.53. The third kappa shape index (κ3) is 2.98. The van der Waals surface area contributed by atoms with Gasteiger partial charge in [-0.05, 0) is 30.1 Å². The number of hydrogen-bond donors (Lipinski definition) is 0. The van der Waals surface area contributed by atoms with Crippen LogP contribution in [0, 0.1) is 5.92 Å². The highest BCUT2D eigenvalue weighted by atomic mass is 16.5. The summed E-state index contributed by atoms with van der Waals surface area (Å²) >= 11 is 0. The van der Waals surface area contributed by atoms with Gasteiger partial charge in [-0.2, -0.15) is 0 Å². The first-order valence-corrected chi connectivity index (χ1v) is 5.39. The topological polar surface area (TPSA) is 9.23 Å². The molecule has 0 spiro atoms. The van der Waals surface area contributed by atoms with Gasteiger partial charge in [-0.3, -0.25) is 0 Å². The van der Waals surface area contributed by atoms with Crippen molar-refractivity contribution in [2.45, 2.75) is 20.0 Å². The monoisotopic (exact) mass is 200 g/mol. The van der Waals surface area contributed by atoms with E-state index < -0.39 is 0 Å². The van der Waals surface area contributed by atoms with E-state index in [9.17, 15) is 0 Å². The molecule has 1 nitrogen and oxygen atoms in total. The van der Waals surface area contributed by atoms with Crippen molar-refractivity contribution < 1.29 is 4.74 Å². The summed E-state index contributed by atoms with van der Waals surface area (Å²) in [6, 6.07) is 10.2. The Morgan fingerprint density at radius 2 is 2.07 bits per heavy atom. The van der Waals surface area contributed by atoms with Crippen LogP contribution < -0.4 is 0 Å². The molecule has 1 aliphatic carbocycles. The summed E-state index contributed by atoms with van der Waals surface area (Å²) in [7, 11) is 0. The minimum absolute atomic E-state index is 0.647. The molecule has 1 atom stereocenters. The Kier molecular flexibility index (Phi) is 3.23. The lowest BCUT2D eigenvalue weighted by molar-refractivity contribution is 0.208. The predicted molar refractivity (Wildman–Crippen MR) is 62.2 cm³/mol. The first-order chi connectivity index (χ1) is 7.34. The lowest BCUT2D eigenvalue weighted by atomic mass is 10.0. The summed E-state index contributed by atoms with van der Waals surface area (Å²) < 4.78 is 5.69. The molecule has 0 saturated carbocycles. The minimum Gasteiger partial charge on any atom is -0.489 e. The van der Waals surface area contributed by atoms with Gasteiger partial charge < -0.3 is 4.74 Å². The van der Waals surface area contributed by atoms with E-state index in [1.807, 2.05) is 18.2 Å². The molecule has 78 valence electrons. The number of rotatable bonds is 3. The van der Waals surface area contributed by atoms with E-state index in [0.717, 1.165) is 12.2 Å². The van der Waals surface area contributed by atoms with Gasteiger partial charge in [0.1, 0.15) is 12.4 Å². The van der Waals surface area contributed by atoms with Crippen LogP contribution in [0.4, 0.5) is 0 Å². The van der Waals surface area contributed by atoms with Gasteiger partial charge in [0.05, 0.1) is 0 Å². The zero-order valence-electron chi connectivity index (χ0n) is 9.02. The van der Waals surface area contributed by atoms with Crippen LogP contribution in [0.1, 0.15) is 18.9 Å². The lowest BCUT2D eigenvalue weighted by Crippen LogP contribution is -1.98. The van der Waals surface area contributed by atoms with E-state index in [2.05, 4.69) is 37.3 Å². The fourth-order valence-electron chi connectivity index (χ4n) is 1.56. The van der Waals surface area contributed by atoms with Crippen molar-refractivity contribution in [1.29, 1.82) is 0 Å². The Morgan fingerprint density at radius 3 is 2.73 bits per heavy atom. The Hall–Kier alpha value is -1.50. The summed E-state index contributed by atoms with van der Waals surface area (Å²) in [5.41, 5.74) is 1.21. The first-order valence-electron chi connectivity index (χ1n) is 5.39. The zero-order chi connectivity index (χ0) is 10.5. The number of hydrogen-bond acceptors (Lipinski definition) is 1. The molecular formula is C14H16O.